The van der Waals surface area contributed by atoms with Crippen molar-refractivity contribution in [2.24, 2.45) is 0 Å². The molecule has 0 atom stereocenters. The highest BCUT2D eigenvalue weighted by molar-refractivity contribution is 6.36. The minimum atomic E-state index is 0.525. The topological polar surface area (TPSA) is 47.0 Å². The molecular formula is C15H11Cl2N3O. The molecule has 106 valence electrons. The lowest BCUT2D eigenvalue weighted by atomic mass is 10.2. The number of rotatable bonds is 3. The maximum atomic E-state index is 6.17. The molecule has 0 amide bonds. The van der Waals surface area contributed by atoms with Gasteiger partial charge in [0.1, 0.15) is 17.9 Å². The summed E-state index contributed by atoms with van der Waals surface area (Å²) in [6.45, 7) is 0. The van der Waals surface area contributed by atoms with Crippen LogP contribution in [0.2, 0.25) is 10.0 Å². The first-order chi connectivity index (χ1) is 10.2. The number of halogens is 2. The van der Waals surface area contributed by atoms with Crippen LogP contribution in [0.25, 0.3) is 10.9 Å². The van der Waals surface area contributed by atoms with E-state index >= 15 is 0 Å². The van der Waals surface area contributed by atoms with E-state index in [1.807, 2.05) is 18.2 Å². The summed E-state index contributed by atoms with van der Waals surface area (Å²) in [6, 6.07) is 10.9. The van der Waals surface area contributed by atoms with Crippen molar-refractivity contribution in [1.82, 2.24) is 9.97 Å². The molecule has 6 heteroatoms. The summed E-state index contributed by atoms with van der Waals surface area (Å²) in [5.74, 6) is 1.39. The van der Waals surface area contributed by atoms with Gasteiger partial charge in [0.25, 0.3) is 0 Å². The SMILES string of the molecule is COc1ccc2ncnc(Nc3ccc(Cl)cc3Cl)c2c1. The summed E-state index contributed by atoms with van der Waals surface area (Å²) in [5.41, 5.74) is 1.54. The maximum Gasteiger partial charge on any atom is 0.141 e. The Hall–Kier alpha value is -2.04. The third-order valence-corrected chi connectivity index (χ3v) is 3.57. The Morgan fingerprint density at radius 1 is 1.05 bits per heavy atom. The van der Waals surface area contributed by atoms with E-state index in [4.69, 9.17) is 27.9 Å². The Kier molecular flexibility index (Phi) is 3.82. The van der Waals surface area contributed by atoms with Crippen molar-refractivity contribution in [1.29, 1.82) is 0 Å². The van der Waals surface area contributed by atoms with Gasteiger partial charge in [-0.15, -0.1) is 0 Å². The second kappa shape index (κ2) is 5.76. The molecule has 1 N–H and O–H groups in total. The van der Waals surface area contributed by atoms with Crippen LogP contribution < -0.4 is 10.1 Å². The number of nitrogens with zero attached hydrogens (tertiary/aromatic N) is 2. The first-order valence-corrected chi connectivity index (χ1v) is 6.94. The highest BCUT2D eigenvalue weighted by Gasteiger charge is 2.08. The van der Waals surface area contributed by atoms with Crippen molar-refractivity contribution in [2.75, 3.05) is 12.4 Å². The van der Waals surface area contributed by atoms with Gasteiger partial charge in [0.05, 0.1) is 23.3 Å². The Labute approximate surface area is 131 Å². The molecule has 3 aromatic rings. The third kappa shape index (κ3) is 2.86. The summed E-state index contributed by atoms with van der Waals surface area (Å²) in [6.07, 6.45) is 1.50. The van der Waals surface area contributed by atoms with Crippen LogP contribution in [0.1, 0.15) is 0 Å². The predicted molar refractivity (Wildman–Crippen MR) is 85.8 cm³/mol. The molecule has 3 rings (SSSR count). The monoisotopic (exact) mass is 319 g/mol. The number of aromatic nitrogens is 2. The molecule has 0 aliphatic carbocycles. The number of ether oxygens (including phenoxy) is 1. The van der Waals surface area contributed by atoms with Crippen molar-refractivity contribution in [2.45, 2.75) is 0 Å². The van der Waals surface area contributed by atoms with Gasteiger partial charge >= 0.3 is 0 Å². The van der Waals surface area contributed by atoms with Gasteiger partial charge in [-0.05, 0) is 36.4 Å². The minimum Gasteiger partial charge on any atom is -0.497 e. The molecule has 0 fully saturated rings. The lowest BCUT2D eigenvalue weighted by molar-refractivity contribution is 0.415. The van der Waals surface area contributed by atoms with E-state index in [1.165, 1.54) is 6.33 Å². The molecular weight excluding hydrogens is 309 g/mol. The normalized spacial score (nSPS) is 10.6. The highest BCUT2D eigenvalue weighted by atomic mass is 35.5. The largest absolute Gasteiger partial charge is 0.497 e. The zero-order valence-corrected chi connectivity index (χ0v) is 12.6. The van der Waals surface area contributed by atoms with Crippen LogP contribution in [0.4, 0.5) is 11.5 Å². The molecule has 0 spiro atoms. The lowest BCUT2D eigenvalue weighted by Gasteiger charge is -2.10. The zero-order valence-electron chi connectivity index (χ0n) is 11.1. The van der Waals surface area contributed by atoms with Gasteiger partial charge in [0.2, 0.25) is 0 Å². The first kappa shape index (κ1) is 13.9. The van der Waals surface area contributed by atoms with Crippen molar-refractivity contribution in [3.63, 3.8) is 0 Å². The molecule has 0 unspecified atom stereocenters. The van der Waals surface area contributed by atoms with Crippen LogP contribution in [-0.4, -0.2) is 17.1 Å². The first-order valence-electron chi connectivity index (χ1n) is 6.18. The quantitative estimate of drug-likeness (QED) is 0.760. The van der Waals surface area contributed by atoms with E-state index < -0.39 is 0 Å². The van der Waals surface area contributed by atoms with Crippen LogP contribution in [-0.2, 0) is 0 Å². The molecule has 1 aromatic heterocycles. The number of methoxy groups -OCH3 is 1. The van der Waals surface area contributed by atoms with Crippen molar-refractivity contribution < 1.29 is 4.74 Å². The number of hydrogen-bond acceptors (Lipinski definition) is 4. The van der Waals surface area contributed by atoms with Gasteiger partial charge < -0.3 is 10.1 Å². The fourth-order valence-corrected chi connectivity index (χ4v) is 2.44. The zero-order chi connectivity index (χ0) is 14.8. The summed E-state index contributed by atoms with van der Waals surface area (Å²) in [5, 5.41) is 5.15. The molecule has 21 heavy (non-hydrogen) atoms. The number of fused-ring (bicyclic) bond motifs is 1. The lowest BCUT2D eigenvalue weighted by Crippen LogP contribution is -1.97. The molecule has 4 nitrogen and oxygen atoms in total. The number of nitrogens with one attached hydrogen (secondary N) is 1. The molecule has 1 heterocycles. The van der Waals surface area contributed by atoms with Crippen molar-refractivity contribution in [3.8, 4) is 5.75 Å². The second-order valence-electron chi connectivity index (χ2n) is 4.35. The Morgan fingerprint density at radius 3 is 2.67 bits per heavy atom. The van der Waals surface area contributed by atoms with Gasteiger partial charge in [0, 0.05) is 10.4 Å². The van der Waals surface area contributed by atoms with Gasteiger partial charge in [-0.25, -0.2) is 9.97 Å². The Balaban J connectivity index is 2.07. The number of benzene rings is 2. The van der Waals surface area contributed by atoms with E-state index in [2.05, 4.69) is 15.3 Å². The summed E-state index contributed by atoms with van der Waals surface area (Å²) in [4.78, 5) is 8.51. The number of anilines is 2. The summed E-state index contributed by atoms with van der Waals surface area (Å²) < 4.78 is 5.24. The van der Waals surface area contributed by atoms with Crippen molar-refractivity contribution in [3.05, 3.63) is 52.8 Å². The van der Waals surface area contributed by atoms with Crippen LogP contribution in [0.3, 0.4) is 0 Å². The predicted octanol–water partition coefficient (Wildman–Crippen LogP) is 4.69. The van der Waals surface area contributed by atoms with Crippen LogP contribution >= 0.6 is 23.2 Å². The molecule has 0 saturated carbocycles. The van der Waals surface area contributed by atoms with Crippen LogP contribution in [0, 0.1) is 0 Å². The molecule has 0 aliphatic rings. The Bertz CT molecular complexity index is 808. The van der Waals surface area contributed by atoms with Crippen molar-refractivity contribution >= 4 is 45.6 Å². The van der Waals surface area contributed by atoms with Gasteiger partial charge in [-0.3, -0.25) is 0 Å². The standard InChI is InChI=1S/C15H11Cl2N3O/c1-21-10-3-5-13-11(7-10)15(19-8-18-13)20-14-4-2-9(16)6-12(14)17/h2-8H,1H3,(H,18,19,20). The molecule has 0 bridgehead atoms. The molecule has 2 aromatic carbocycles. The third-order valence-electron chi connectivity index (χ3n) is 3.03. The number of hydrogen-bond donors (Lipinski definition) is 1. The average molecular weight is 320 g/mol. The van der Waals surface area contributed by atoms with E-state index in [0.717, 1.165) is 22.3 Å². The van der Waals surface area contributed by atoms with E-state index in [0.29, 0.717) is 15.9 Å². The maximum absolute atomic E-state index is 6.17. The van der Waals surface area contributed by atoms with E-state index in [9.17, 15) is 0 Å². The van der Waals surface area contributed by atoms with E-state index in [1.54, 1.807) is 25.3 Å². The highest BCUT2D eigenvalue weighted by Crippen LogP contribution is 2.31. The smallest absolute Gasteiger partial charge is 0.141 e. The van der Waals surface area contributed by atoms with Crippen LogP contribution in [0.15, 0.2) is 42.7 Å². The van der Waals surface area contributed by atoms with Gasteiger partial charge in [-0.1, -0.05) is 23.2 Å². The van der Waals surface area contributed by atoms with Crippen LogP contribution in [0.5, 0.6) is 5.75 Å². The summed E-state index contributed by atoms with van der Waals surface area (Å²) >= 11 is 12.1. The molecule has 0 radical (unpaired) electrons. The summed E-state index contributed by atoms with van der Waals surface area (Å²) in [7, 11) is 1.62. The fraction of sp³-hybridized carbons (Fsp3) is 0.0667. The van der Waals surface area contributed by atoms with Gasteiger partial charge in [-0.2, -0.15) is 0 Å². The molecule has 0 aliphatic heterocycles. The average Bonchev–Trinajstić information content (AvgIpc) is 2.50. The second-order valence-corrected chi connectivity index (χ2v) is 5.20. The fourth-order valence-electron chi connectivity index (χ4n) is 1.98. The molecule has 0 saturated heterocycles. The Morgan fingerprint density at radius 2 is 1.90 bits per heavy atom. The van der Waals surface area contributed by atoms with Gasteiger partial charge in [0.15, 0.2) is 0 Å². The van der Waals surface area contributed by atoms with E-state index in [-0.39, 0.29) is 0 Å². The minimum absolute atomic E-state index is 0.525.